The molecule has 0 radical (unpaired) electrons. The third kappa shape index (κ3) is 4.67. The van der Waals surface area contributed by atoms with Gasteiger partial charge in [-0.2, -0.15) is 33.2 Å². The third-order valence-corrected chi connectivity index (χ3v) is 6.21. The molecular weight excluding hydrogens is 513 g/mol. The lowest BCUT2D eigenvalue weighted by atomic mass is 9.98. The van der Waals surface area contributed by atoms with Crippen LogP contribution in [0.5, 0.6) is 0 Å². The predicted molar refractivity (Wildman–Crippen MR) is 134 cm³/mol. The number of fused-ring (bicyclic) bond motifs is 3. The van der Waals surface area contributed by atoms with Crippen LogP contribution in [0.25, 0.3) is 22.5 Å². The first-order chi connectivity index (χ1) is 18.8. The van der Waals surface area contributed by atoms with Crippen LogP contribution >= 0.6 is 0 Å². The van der Waals surface area contributed by atoms with Crippen LogP contribution in [0.3, 0.4) is 0 Å². The zero-order chi connectivity index (χ0) is 27.1. The van der Waals surface area contributed by atoms with Crippen LogP contribution in [-0.2, 0) is 12.7 Å². The van der Waals surface area contributed by atoms with E-state index >= 15 is 0 Å². The number of pyridine rings is 2. The Bertz CT molecular complexity index is 1740. The van der Waals surface area contributed by atoms with E-state index in [1.165, 1.54) is 6.33 Å². The number of hydrogen-bond acceptors (Lipinski definition) is 8. The molecule has 0 bridgehead atoms. The van der Waals surface area contributed by atoms with E-state index < -0.39 is 17.6 Å². The zero-order valence-corrected chi connectivity index (χ0v) is 20.3. The zero-order valence-electron chi connectivity index (χ0n) is 20.3. The highest BCUT2D eigenvalue weighted by atomic mass is 19.4. The van der Waals surface area contributed by atoms with Crippen LogP contribution in [0, 0.1) is 6.92 Å². The van der Waals surface area contributed by atoms with E-state index in [0.717, 1.165) is 46.4 Å². The summed E-state index contributed by atoms with van der Waals surface area (Å²) in [6.45, 7) is 3.28. The van der Waals surface area contributed by atoms with Crippen molar-refractivity contribution in [1.29, 1.82) is 0 Å². The topological polar surface area (TPSA) is 139 Å². The molecule has 14 heteroatoms. The fourth-order valence-electron chi connectivity index (χ4n) is 4.38. The van der Waals surface area contributed by atoms with E-state index in [1.54, 1.807) is 18.3 Å². The second-order valence-electron chi connectivity index (χ2n) is 8.77. The lowest BCUT2D eigenvalue weighted by Crippen LogP contribution is -2.17. The van der Waals surface area contributed by atoms with Crippen molar-refractivity contribution in [2.45, 2.75) is 19.6 Å². The number of anilines is 2. The number of rotatable bonds is 4. The maximum absolute atomic E-state index is 13.1. The van der Waals surface area contributed by atoms with Gasteiger partial charge >= 0.3 is 6.18 Å². The van der Waals surface area contributed by atoms with E-state index in [0.29, 0.717) is 30.5 Å². The molecule has 0 fully saturated rings. The first-order valence-corrected chi connectivity index (χ1v) is 11.8. The second kappa shape index (κ2) is 9.31. The number of nitrogens with zero attached hydrogens (tertiary/aromatic N) is 7. The Morgan fingerprint density at radius 2 is 1.97 bits per heavy atom. The molecule has 0 aliphatic carbocycles. The molecule has 3 aliphatic rings. The molecule has 0 unspecified atom stereocenters. The Hall–Kier alpha value is -5.14. The number of aromatic nitrogens is 7. The normalized spacial score (nSPS) is 13.4. The Labute approximate surface area is 218 Å². The van der Waals surface area contributed by atoms with Crippen molar-refractivity contribution in [1.82, 2.24) is 34.7 Å². The van der Waals surface area contributed by atoms with Crippen LogP contribution < -0.4 is 16.3 Å². The van der Waals surface area contributed by atoms with Gasteiger partial charge in [0.25, 0.3) is 11.5 Å². The molecule has 6 rings (SSSR count). The van der Waals surface area contributed by atoms with Gasteiger partial charge < -0.3 is 15.2 Å². The summed E-state index contributed by atoms with van der Waals surface area (Å²) in [5, 5.41) is 12.5. The van der Waals surface area contributed by atoms with Gasteiger partial charge in [0.2, 0.25) is 5.95 Å². The first-order valence-electron chi connectivity index (χ1n) is 11.8. The van der Waals surface area contributed by atoms with Gasteiger partial charge in [-0.05, 0) is 48.4 Å². The van der Waals surface area contributed by atoms with E-state index in [2.05, 4.69) is 45.8 Å². The molecule has 0 atom stereocenters. The average Bonchev–Trinajstić information content (AvgIpc) is 3.62. The van der Waals surface area contributed by atoms with Crippen molar-refractivity contribution in [3.05, 3.63) is 77.6 Å². The van der Waals surface area contributed by atoms with Gasteiger partial charge in [-0.3, -0.25) is 9.78 Å². The highest BCUT2D eigenvalue weighted by molar-refractivity contribution is 6.03. The molecule has 3 N–H and O–H groups in total. The molecule has 5 heterocycles. The number of halogens is 3. The van der Waals surface area contributed by atoms with Crippen molar-refractivity contribution in [3.63, 3.8) is 0 Å². The molecule has 3 aromatic rings. The summed E-state index contributed by atoms with van der Waals surface area (Å²) < 4.78 is 41.3. The summed E-state index contributed by atoms with van der Waals surface area (Å²) in [7, 11) is 0. The molecule has 2 aromatic heterocycles. The summed E-state index contributed by atoms with van der Waals surface area (Å²) >= 11 is 0. The van der Waals surface area contributed by atoms with Gasteiger partial charge in [-0.25, -0.2) is 10.1 Å². The number of nitrogens with one attached hydrogen (secondary N) is 3. The predicted octanol–water partition coefficient (Wildman–Crippen LogP) is 3.80. The van der Waals surface area contributed by atoms with Crippen molar-refractivity contribution in [2.75, 3.05) is 17.2 Å². The number of alkyl halides is 3. The lowest BCUT2D eigenvalue weighted by Gasteiger charge is -2.19. The van der Waals surface area contributed by atoms with Gasteiger partial charge in [0.1, 0.15) is 23.7 Å². The molecule has 39 heavy (non-hydrogen) atoms. The molecular formula is C25H19F3N10O. The fourth-order valence-corrected chi connectivity index (χ4v) is 4.38. The van der Waals surface area contributed by atoms with Crippen LogP contribution in [0.4, 0.5) is 30.6 Å². The fraction of sp³-hybridized carbons (Fsp3) is 0.160. The smallest absolute Gasteiger partial charge is 0.369 e. The molecule has 196 valence electrons. The maximum Gasteiger partial charge on any atom is 0.416 e. The van der Waals surface area contributed by atoms with Gasteiger partial charge in [0.15, 0.2) is 0 Å². The first kappa shape index (κ1) is 24.2. The highest BCUT2D eigenvalue weighted by Crippen LogP contribution is 2.39. The van der Waals surface area contributed by atoms with Crippen molar-refractivity contribution >= 4 is 23.4 Å². The van der Waals surface area contributed by atoms with Crippen LogP contribution in [0.1, 0.15) is 21.6 Å². The molecule has 0 saturated heterocycles. The number of amides is 1. The molecule has 11 nitrogen and oxygen atoms in total. The van der Waals surface area contributed by atoms with Crippen molar-refractivity contribution in [2.24, 2.45) is 4.99 Å². The van der Waals surface area contributed by atoms with Crippen LogP contribution in [0.15, 0.2) is 60.1 Å². The molecule has 1 amide bonds. The number of aromatic amines is 1. The number of carbonyl (C=O) groups excluding carboxylic acids is 1. The minimum atomic E-state index is -4.58. The molecule has 0 spiro atoms. The Kier molecular flexibility index (Phi) is 5.78. The van der Waals surface area contributed by atoms with Gasteiger partial charge in [-0.15, -0.1) is 0 Å². The van der Waals surface area contributed by atoms with Gasteiger partial charge in [0, 0.05) is 42.3 Å². The number of aryl methyl sites for hydroxylation is 1. The SMILES string of the molecule is Cc1ccc(NC(=O)c2cc(C(F)(F)F)ccn2)cc1-c1cc2cnc(=Nc3ncn[nH]3)nc-2n2c1NCC2. The number of benzene rings is 1. The largest absolute Gasteiger partial charge is 0.416 e. The average molecular weight is 532 g/mol. The molecule has 0 saturated carbocycles. The minimum Gasteiger partial charge on any atom is -0.369 e. The summed E-state index contributed by atoms with van der Waals surface area (Å²) in [4.78, 5) is 33.7. The quantitative estimate of drug-likeness (QED) is 0.320. The Morgan fingerprint density at radius 3 is 2.77 bits per heavy atom. The summed E-state index contributed by atoms with van der Waals surface area (Å²) in [6, 6.07) is 8.78. The van der Waals surface area contributed by atoms with Crippen molar-refractivity contribution < 1.29 is 18.0 Å². The standard InChI is InChI=1S/C25H19F3N10O/c1-13-2-3-16(34-22(39)19-9-15(4-5-29-19)25(26,27)28)10-17(13)18-8-14-11-31-23(36-24-32-12-33-37-24)35-20(14)38-7-6-30-21(18)38/h2-5,8-12,30H,6-7H2,1H3,(H,34,39)(H,32,33,37). The molecule has 1 aromatic carbocycles. The maximum atomic E-state index is 13.1. The summed E-state index contributed by atoms with van der Waals surface area (Å²) in [6.07, 6.45) is -0.596. The van der Waals surface area contributed by atoms with Gasteiger partial charge in [0.05, 0.1) is 5.56 Å². The van der Waals surface area contributed by atoms with Gasteiger partial charge in [-0.1, -0.05) is 6.07 Å². The summed E-state index contributed by atoms with van der Waals surface area (Å²) in [5.74, 6) is 1.06. The van der Waals surface area contributed by atoms with E-state index in [4.69, 9.17) is 0 Å². The Morgan fingerprint density at radius 1 is 1.10 bits per heavy atom. The van der Waals surface area contributed by atoms with E-state index in [-0.39, 0.29) is 11.3 Å². The number of H-pyrrole nitrogens is 1. The van der Waals surface area contributed by atoms with E-state index in [9.17, 15) is 18.0 Å². The Balaban J connectivity index is 1.38. The van der Waals surface area contributed by atoms with Crippen molar-refractivity contribution in [3.8, 4) is 22.5 Å². The number of hydrogen-bond donors (Lipinski definition) is 3. The van der Waals surface area contributed by atoms with E-state index in [1.807, 2.05) is 23.6 Å². The van der Waals surface area contributed by atoms with Crippen LogP contribution in [-0.4, -0.2) is 47.2 Å². The highest BCUT2D eigenvalue weighted by Gasteiger charge is 2.31. The monoisotopic (exact) mass is 532 g/mol. The van der Waals surface area contributed by atoms with Crippen LogP contribution in [0.2, 0.25) is 0 Å². The second-order valence-corrected chi connectivity index (χ2v) is 8.77. The summed E-state index contributed by atoms with van der Waals surface area (Å²) in [5.41, 5.74) is 2.75. The number of carbonyl (C=O) groups is 1. The lowest BCUT2D eigenvalue weighted by molar-refractivity contribution is -0.137. The third-order valence-electron chi connectivity index (χ3n) is 6.21. The molecule has 3 aliphatic heterocycles. The minimum absolute atomic E-state index is 0.234.